The predicted octanol–water partition coefficient (Wildman–Crippen LogP) is 6.88. The second-order valence-electron chi connectivity index (χ2n) is 11.6. The lowest BCUT2D eigenvalue weighted by Crippen LogP contribution is -2.39. The lowest BCUT2D eigenvalue weighted by Gasteiger charge is -2.49. The molecule has 0 spiro atoms. The van der Waals surface area contributed by atoms with Crippen molar-refractivity contribution in [1.82, 2.24) is 0 Å². The molecule has 0 saturated heterocycles. The third kappa shape index (κ3) is 5.93. The monoisotopic (exact) mass is 484 g/mol. The van der Waals surface area contributed by atoms with Gasteiger partial charge in [0.15, 0.2) is 11.5 Å². The smallest absolute Gasteiger partial charge is 0.311 e. The van der Waals surface area contributed by atoms with Gasteiger partial charge in [0.05, 0.1) is 6.10 Å². The molecule has 4 rings (SSSR count). The molecule has 35 heavy (non-hydrogen) atoms. The minimum atomic E-state index is -0.260. The number of unbranched alkanes of at least 4 members (excludes halogenated alkanes) is 4. The minimum Gasteiger partial charge on any atom is -0.423 e. The number of carbonyl (C=O) groups is 2. The zero-order valence-corrected chi connectivity index (χ0v) is 21.9. The Morgan fingerprint density at radius 3 is 2.23 bits per heavy atom. The van der Waals surface area contributed by atoms with E-state index in [-0.39, 0.29) is 23.5 Å². The van der Waals surface area contributed by atoms with Gasteiger partial charge < -0.3 is 14.6 Å². The summed E-state index contributed by atoms with van der Waals surface area (Å²) in [5.74, 6) is 1.77. The van der Waals surface area contributed by atoms with Crippen LogP contribution in [0.5, 0.6) is 11.5 Å². The highest BCUT2D eigenvalue weighted by Crippen LogP contribution is 2.61. The van der Waals surface area contributed by atoms with E-state index in [0.29, 0.717) is 42.1 Å². The summed E-state index contributed by atoms with van der Waals surface area (Å²) < 4.78 is 11.6. The summed E-state index contributed by atoms with van der Waals surface area (Å²) in [6.45, 7) is 6.59. The maximum Gasteiger partial charge on any atom is 0.311 e. The Balaban J connectivity index is 1.58. The quantitative estimate of drug-likeness (QED) is 0.223. The molecule has 0 aromatic heterocycles. The van der Waals surface area contributed by atoms with Crippen molar-refractivity contribution >= 4 is 11.9 Å². The number of esters is 2. The molecule has 0 heterocycles. The number of ether oxygens (including phenoxy) is 2. The summed E-state index contributed by atoms with van der Waals surface area (Å²) in [6.07, 6.45) is 12.3. The fourth-order valence-electron chi connectivity index (χ4n) is 7.15. The first kappa shape index (κ1) is 26.2. The zero-order chi connectivity index (χ0) is 25.0. The third-order valence-corrected chi connectivity index (χ3v) is 8.95. The Hall–Kier alpha value is -1.88. The Labute approximate surface area is 211 Å². The highest BCUT2D eigenvalue weighted by atomic mass is 16.6. The molecule has 1 N–H and O–H groups in total. The minimum absolute atomic E-state index is 0.181. The van der Waals surface area contributed by atoms with Gasteiger partial charge in [-0.15, -0.1) is 0 Å². The van der Waals surface area contributed by atoms with E-state index in [1.165, 1.54) is 11.1 Å². The van der Waals surface area contributed by atoms with Crippen LogP contribution >= 0.6 is 0 Å². The SMILES string of the molecule is CCCCCC(=O)Oc1cc2c(cc1OC(=O)CCCCC)[C@H]1CC[C@]3(C)C[C@H](O)C[C@H]3[C@@H]1CC2. The maximum atomic E-state index is 12.6. The molecular formula is C30H44O5. The number of aliphatic hydroxyl groups excluding tert-OH is 1. The topological polar surface area (TPSA) is 72.8 Å². The number of hydrogen-bond donors (Lipinski definition) is 1. The summed E-state index contributed by atoms with van der Waals surface area (Å²) in [4.78, 5) is 25.2. The third-order valence-electron chi connectivity index (χ3n) is 8.95. The molecule has 5 heteroatoms. The number of aryl methyl sites for hydroxylation is 1. The van der Waals surface area contributed by atoms with Crippen molar-refractivity contribution in [3.63, 3.8) is 0 Å². The van der Waals surface area contributed by atoms with Gasteiger partial charge in [0.2, 0.25) is 0 Å². The van der Waals surface area contributed by atoms with Crippen LogP contribution in [0.4, 0.5) is 0 Å². The number of fused-ring (bicyclic) bond motifs is 5. The van der Waals surface area contributed by atoms with Crippen LogP contribution in [0, 0.1) is 17.3 Å². The average Bonchev–Trinajstić information content (AvgIpc) is 3.13. The molecule has 3 aliphatic carbocycles. The molecule has 0 amide bonds. The van der Waals surface area contributed by atoms with Gasteiger partial charge in [0, 0.05) is 12.8 Å². The first-order valence-electron chi connectivity index (χ1n) is 14.1. The van der Waals surface area contributed by atoms with Crippen LogP contribution < -0.4 is 9.47 Å². The van der Waals surface area contributed by atoms with Gasteiger partial charge in [-0.2, -0.15) is 0 Å². The molecule has 3 aliphatic rings. The van der Waals surface area contributed by atoms with Crippen LogP contribution in [0.15, 0.2) is 12.1 Å². The van der Waals surface area contributed by atoms with Gasteiger partial charge in [0.1, 0.15) is 0 Å². The summed E-state index contributed by atoms with van der Waals surface area (Å²) in [5.41, 5.74) is 2.71. The van der Waals surface area contributed by atoms with Crippen molar-refractivity contribution in [2.24, 2.45) is 17.3 Å². The normalized spacial score (nSPS) is 29.1. The molecule has 5 nitrogen and oxygen atoms in total. The maximum absolute atomic E-state index is 12.6. The number of hydrogen-bond acceptors (Lipinski definition) is 5. The molecule has 5 atom stereocenters. The van der Waals surface area contributed by atoms with E-state index in [9.17, 15) is 14.7 Å². The van der Waals surface area contributed by atoms with E-state index in [2.05, 4.69) is 20.8 Å². The molecule has 2 saturated carbocycles. The predicted molar refractivity (Wildman–Crippen MR) is 137 cm³/mol. The van der Waals surface area contributed by atoms with E-state index < -0.39 is 0 Å². The second-order valence-corrected chi connectivity index (χ2v) is 11.6. The fourth-order valence-corrected chi connectivity index (χ4v) is 7.15. The summed E-state index contributed by atoms with van der Waals surface area (Å²) in [5, 5.41) is 10.4. The molecule has 0 unspecified atom stereocenters. The number of carbonyl (C=O) groups excluding carboxylic acids is 2. The fraction of sp³-hybridized carbons (Fsp3) is 0.733. The Morgan fingerprint density at radius 1 is 0.971 bits per heavy atom. The highest BCUT2D eigenvalue weighted by molar-refractivity contribution is 5.76. The van der Waals surface area contributed by atoms with Crippen LogP contribution in [0.2, 0.25) is 0 Å². The molecule has 194 valence electrons. The van der Waals surface area contributed by atoms with Gasteiger partial charge in [-0.25, -0.2) is 0 Å². The molecule has 0 bridgehead atoms. The molecular weight excluding hydrogens is 440 g/mol. The first-order chi connectivity index (χ1) is 16.8. The zero-order valence-electron chi connectivity index (χ0n) is 21.9. The van der Waals surface area contributed by atoms with E-state index in [4.69, 9.17) is 9.47 Å². The lowest BCUT2D eigenvalue weighted by molar-refractivity contribution is -0.137. The van der Waals surface area contributed by atoms with E-state index in [1.54, 1.807) is 0 Å². The van der Waals surface area contributed by atoms with Gasteiger partial charge in [-0.1, -0.05) is 46.5 Å². The average molecular weight is 485 g/mol. The number of aliphatic hydroxyl groups is 1. The van der Waals surface area contributed by atoms with E-state index in [0.717, 1.165) is 77.0 Å². The summed E-state index contributed by atoms with van der Waals surface area (Å²) in [7, 11) is 0. The molecule has 0 aliphatic heterocycles. The van der Waals surface area contributed by atoms with Crippen molar-refractivity contribution in [3.8, 4) is 11.5 Å². The van der Waals surface area contributed by atoms with Gasteiger partial charge in [-0.05, 0) is 97.8 Å². The van der Waals surface area contributed by atoms with Gasteiger partial charge >= 0.3 is 11.9 Å². The van der Waals surface area contributed by atoms with Crippen molar-refractivity contribution < 1.29 is 24.2 Å². The Bertz CT molecular complexity index is 908. The van der Waals surface area contributed by atoms with Crippen molar-refractivity contribution in [2.75, 3.05) is 0 Å². The van der Waals surface area contributed by atoms with Gasteiger partial charge in [-0.3, -0.25) is 9.59 Å². The summed E-state index contributed by atoms with van der Waals surface area (Å²) in [6, 6.07) is 3.97. The number of benzene rings is 1. The largest absolute Gasteiger partial charge is 0.423 e. The van der Waals surface area contributed by atoms with E-state index in [1.807, 2.05) is 12.1 Å². The van der Waals surface area contributed by atoms with Crippen molar-refractivity contribution in [2.45, 2.75) is 123 Å². The lowest BCUT2D eigenvalue weighted by atomic mass is 9.56. The van der Waals surface area contributed by atoms with Crippen LogP contribution in [-0.2, 0) is 16.0 Å². The molecule has 0 radical (unpaired) electrons. The van der Waals surface area contributed by atoms with E-state index >= 15 is 0 Å². The van der Waals surface area contributed by atoms with Crippen molar-refractivity contribution in [1.29, 1.82) is 0 Å². The Morgan fingerprint density at radius 2 is 1.60 bits per heavy atom. The molecule has 1 aromatic rings. The second kappa shape index (κ2) is 11.5. The first-order valence-corrected chi connectivity index (χ1v) is 14.1. The van der Waals surface area contributed by atoms with Crippen LogP contribution in [0.1, 0.15) is 121 Å². The van der Waals surface area contributed by atoms with Crippen molar-refractivity contribution in [3.05, 3.63) is 23.3 Å². The van der Waals surface area contributed by atoms with Crippen LogP contribution in [-0.4, -0.2) is 23.1 Å². The van der Waals surface area contributed by atoms with Crippen LogP contribution in [0.3, 0.4) is 0 Å². The molecule has 1 aromatic carbocycles. The molecule has 2 fully saturated rings. The van der Waals surface area contributed by atoms with Crippen LogP contribution in [0.25, 0.3) is 0 Å². The summed E-state index contributed by atoms with van der Waals surface area (Å²) >= 11 is 0. The van der Waals surface area contributed by atoms with Gasteiger partial charge in [0.25, 0.3) is 0 Å². The number of rotatable bonds is 10. The standard InChI is InChI=1S/C30H44O5/c1-4-6-8-10-28(32)34-26-16-20-12-13-23-22(14-15-30(3)19-21(31)17-25(23)30)24(20)18-27(26)35-29(33)11-9-7-5-2/h16,18,21-23,25,31H,4-15,17,19H2,1-3H3/t21-,22+,23-,25+,30-/m1/s1. The highest BCUT2D eigenvalue weighted by Gasteiger charge is 2.52. The Kier molecular flexibility index (Phi) is 8.57.